The molecule has 1 aromatic rings. The molecule has 0 bridgehead atoms. The second-order valence-corrected chi connectivity index (χ2v) is 5.67. The van der Waals surface area contributed by atoms with Crippen molar-refractivity contribution in [1.29, 1.82) is 0 Å². The van der Waals surface area contributed by atoms with E-state index < -0.39 is 0 Å². The predicted molar refractivity (Wildman–Crippen MR) is 73.4 cm³/mol. The topological polar surface area (TPSA) is 38.0 Å². The Hall–Kier alpha value is -0.860. The lowest BCUT2D eigenvalue weighted by Crippen LogP contribution is -2.36. The average molecular weight is 232 g/mol. The number of benzene rings is 1. The highest BCUT2D eigenvalue weighted by Crippen LogP contribution is 2.30. The zero-order chi connectivity index (χ0) is 12.5. The van der Waals surface area contributed by atoms with Crippen molar-refractivity contribution in [2.75, 3.05) is 13.1 Å². The first kappa shape index (κ1) is 12.6. The van der Waals surface area contributed by atoms with Crippen molar-refractivity contribution < 1.29 is 0 Å². The monoisotopic (exact) mass is 232 g/mol. The Bertz CT molecular complexity index is 382. The number of nitrogens with one attached hydrogen (secondary N) is 1. The molecule has 1 fully saturated rings. The highest BCUT2D eigenvalue weighted by Gasteiger charge is 2.37. The third-order valence-corrected chi connectivity index (χ3v) is 3.76. The van der Waals surface area contributed by atoms with E-state index in [0.717, 1.165) is 19.5 Å². The molecule has 3 N–H and O–H groups in total. The molecule has 1 saturated carbocycles. The second-order valence-electron chi connectivity index (χ2n) is 5.67. The van der Waals surface area contributed by atoms with Gasteiger partial charge in [0, 0.05) is 12.1 Å². The summed E-state index contributed by atoms with van der Waals surface area (Å²) in [4.78, 5) is 0. The number of hydrogen-bond acceptors (Lipinski definition) is 2. The molecule has 0 unspecified atom stereocenters. The van der Waals surface area contributed by atoms with Gasteiger partial charge in [0.05, 0.1) is 0 Å². The maximum Gasteiger partial charge on any atom is 0.0282 e. The third kappa shape index (κ3) is 3.30. The van der Waals surface area contributed by atoms with E-state index >= 15 is 0 Å². The molecule has 2 nitrogen and oxygen atoms in total. The van der Waals surface area contributed by atoms with Crippen LogP contribution >= 0.6 is 0 Å². The standard InChI is InChI=1S/C15H24N2/c1-11-8-12(2)14(13(3)9-11)4-7-17-10-15(16)5-6-15/h8-9,17H,4-7,10,16H2,1-3H3. The highest BCUT2D eigenvalue weighted by molar-refractivity contribution is 5.37. The second kappa shape index (κ2) is 4.79. The molecule has 1 aromatic carbocycles. The molecule has 2 rings (SSSR count). The van der Waals surface area contributed by atoms with Crippen molar-refractivity contribution in [3.8, 4) is 0 Å². The minimum atomic E-state index is 0.122. The van der Waals surface area contributed by atoms with Crippen molar-refractivity contribution in [2.24, 2.45) is 5.73 Å². The highest BCUT2D eigenvalue weighted by atomic mass is 15.0. The predicted octanol–water partition coefficient (Wildman–Crippen LogP) is 2.24. The first-order valence-electron chi connectivity index (χ1n) is 6.56. The molecule has 1 aliphatic carbocycles. The van der Waals surface area contributed by atoms with Gasteiger partial charge >= 0.3 is 0 Å². The van der Waals surface area contributed by atoms with Gasteiger partial charge in [-0.05, 0) is 63.3 Å². The minimum absolute atomic E-state index is 0.122. The van der Waals surface area contributed by atoms with Gasteiger partial charge in [-0.1, -0.05) is 17.7 Å². The lowest BCUT2D eigenvalue weighted by Gasteiger charge is -2.13. The zero-order valence-electron chi connectivity index (χ0n) is 11.3. The molecule has 0 saturated heterocycles. The summed E-state index contributed by atoms with van der Waals surface area (Å²) in [6.45, 7) is 8.58. The molecule has 0 heterocycles. The minimum Gasteiger partial charge on any atom is -0.324 e. The Morgan fingerprint density at radius 3 is 2.29 bits per heavy atom. The van der Waals surface area contributed by atoms with Crippen molar-refractivity contribution in [1.82, 2.24) is 5.32 Å². The van der Waals surface area contributed by atoms with Crippen LogP contribution in [0.15, 0.2) is 12.1 Å². The first-order chi connectivity index (χ1) is 8.00. The lowest BCUT2D eigenvalue weighted by atomic mass is 9.97. The fourth-order valence-electron chi connectivity index (χ4n) is 2.49. The van der Waals surface area contributed by atoms with Crippen molar-refractivity contribution >= 4 is 0 Å². The summed E-state index contributed by atoms with van der Waals surface area (Å²) < 4.78 is 0. The zero-order valence-corrected chi connectivity index (χ0v) is 11.3. The largest absolute Gasteiger partial charge is 0.324 e. The van der Waals surface area contributed by atoms with Gasteiger partial charge in [-0.2, -0.15) is 0 Å². The van der Waals surface area contributed by atoms with Crippen molar-refractivity contribution in [3.63, 3.8) is 0 Å². The SMILES string of the molecule is Cc1cc(C)c(CCNCC2(N)CC2)c(C)c1. The summed E-state index contributed by atoms with van der Waals surface area (Å²) in [5, 5.41) is 3.48. The molecule has 94 valence electrons. The van der Waals surface area contributed by atoms with Gasteiger partial charge in [0.15, 0.2) is 0 Å². The van der Waals surface area contributed by atoms with Crippen LogP contribution in [0.3, 0.4) is 0 Å². The van der Waals surface area contributed by atoms with Crippen LogP contribution in [0, 0.1) is 20.8 Å². The van der Waals surface area contributed by atoms with Gasteiger partial charge in [-0.3, -0.25) is 0 Å². The van der Waals surface area contributed by atoms with Crippen molar-refractivity contribution in [3.05, 3.63) is 34.4 Å². The summed E-state index contributed by atoms with van der Waals surface area (Å²) in [7, 11) is 0. The number of nitrogens with two attached hydrogens (primary N) is 1. The van der Waals surface area contributed by atoms with E-state index in [2.05, 4.69) is 38.2 Å². The Kier molecular flexibility index (Phi) is 3.55. The van der Waals surface area contributed by atoms with Crippen LogP contribution in [0.5, 0.6) is 0 Å². The van der Waals surface area contributed by atoms with Crippen LogP contribution in [-0.2, 0) is 6.42 Å². The number of aryl methyl sites for hydroxylation is 3. The lowest BCUT2D eigenvalue weighted by molar-refractivity contribution is 0.570. The first-order valence-corrected chi connectivity index (χ1v) is 6.56. The molecule has 17 heavy (non-hydrogen) atoms. The molecule has 0 amide bonds. The van der Waals surface area contributed by atoms with Crippen LogP contribution < -0.4 is 11.1 Å². The smallest absolute Gasteiger partial charge is 0.0282 e. The molecule has 0 spiro atoms. The van der Waals surface area contributed by atoms with E-state index in [1.807, 2.05) is 0 Å². The van der Waals surface area contributed by atoms with E-state index in [9.17, 15) is 0 Å². The molecule has 0 atom stereocenters. The summed E-state index contributed by atoms with van der Waals surface area (Å²) >= 11 is 0. The molecule has 0 aliphatic heterocycles. The normalized spacial score (nSPS) is 17.2. The van der Waals surface area contributed by atoms with E-state index in [1.54, 1.807) is 0 Å². The summed E-state index contributed by atoms with van der Waals surface area (Å²) in [5.74, 6) is 0. The van der Waals surface area contributed by atoms with Gasteiger partial charge in [0.25, 0.3) is 0 Å². The molecule has 2 heteroatoms. The fraction of sp³-hybridized carbons (Fsp3) is 0.600. The van der Waals surface area contributed by atoms with Gasteiger partial charge in [-0.15, -0.1) is 0 Å². The van der Waals surface area contributed by atoms with Gasteiger partial charge in [0.1, 0.15) is 0 Å². The van der Waals surface area contributed by atoms with Crippen LogP contribution in [-0.4, -0.2) is 18.6 Å². The van der Waals surface area contributed by atoms with Gasteiger partial charge in [-0.25, -0.2) is 0 Å². The van der Waals surface area contributed by atoms with Crippen LogP contribution in [0.25, 0.3) is 0 Å². The van der Waals surface area contributed by atoms with Gasteiger partial charge in [0.2, 0.25) is 0 Å². The molecular weight excluding hydrogens is 208 g/mol. The Morgan fingerprint density at radius 1 is 1.18 bits per heavy atom. The summed E-state index contributed by atoms with van der Waals surface area (Å²) in [6, 6.07) is 4.54. The number of hydrogen-bond donors (Lipinski definition) is 2. The van der Waals surface area contributed by atoms with Gasteiger partial charge < -0.3 is 11.1 Å². The van der Waals surface area contributed by atoms with Crippen LogP contribution in [0.2, 0.25) is 0 Å². The quantitative estimate of drug-likeness (QED) is 0.764. The summed E-state index contributed by atoms with van der Waals surface area (Å²) in [6.07, 6.45) is 3.47. The third-order valence-electron chi connectivity index (χ3n) is 3.76. The molecule has 1 aliphatic rings. The van der Waals surface area contributed by atoms with E-state index in [0.29, 0.717) is 0 Å². The maximum atomic E-state index is 6.04. The maximum absolute atomic E-state index is 6.04. The molecule has 0 aromatic heterocycles. The van der Waals surface area contributed by atoms with E-state index in [-0.39, 0.29) is 5.54 Å². The summed E-state index contributed by atoms with van der Waals surface area (Å²) in [5.41, 5.74) is 11.8. The van der Waals surface area contributed by atoms with E-state index in [1.165, 1.54) is 35.1 Å². The number of rotatable bonds is 5. The Labute approximate surface area is 105 Å². The Morgan fingerprint density at radius 2 is 1.76 bits per heavy atom. The molecular formula is C15H24N2. The fourth-order valence-corrected chi connectivity index (χ4v) is 2.49. The van der Waals surface area contributed by atoms with Crippen LogP contribution in [0.1, 0.15) is 35.1 Å². The Balaban J connectivity index is 1.86. The van der Waals surface area contributed by atoms with Crippen LogP contribution in [0.4, 0.5) is 0 Å². The van der Waals surface area contributed by atoms with E-state index in [4.69, 9.17) is 5.73 Å². The van der Waals surface area contributed by atoms with Crippen molar-refractivity contribution in [2.45, 2.75) is 45.6 Å². The molecule has 0 radical (unpaired) electrons. The average Bonchev–Trinajstić information content (AvgIpc) is 2.94.